The minimum atomic E-state index is -0.931. The minimum absolute atomic E-state index is 0.213. The first-order chi connectivity index (χ1) is 17.0. The van der Waals surface area contributed by atoms with E-state index >= 15 is 4.39 Å². The Balaban J connectivity index is 1.61. The van der Waals surface area contributed by atoms with Crippen molar-refractivity contribution < 1.29 is 23.8 Å². The smallest absolute Gasteiger partial charge is 0.329 e. The van der Waals surface area contributed by atoms with E-state index in [1.54, 1.807) is 30.0 Å². The van der Waals surface area contributed by atoms with Crippen LogP contribution in [0.2, 0.25) is 0 Å². The standard InChI is InChI=1S/C27H31FN2O4S/c1-33-22-10-6-9-21(25(22)28)24-26(20-7-4-3-5-8-20)29-30(27(24)35-2)15-18-11-13-19(14-12-18)16-34-17-23(31)32/h3-10,18-19H,11-17H2,1-2H3,(H,31,32)/t18-,19+. The van der Waals surface area contributed by atoms with Crippen LogP contribution in [0, 0.1) is 17.7 Å². The lowest BCUT2D eigenvalue weighted by molar-refractivity contribution is -0.142. The molecule has 186 valence electrons. The molecule has 35 heavy (non-hydrogen) atoms. The summed E-state index contributed by atoms with van der Waals surface area (Å²) in [6.07, 6.45) is 6.06. The quantitative estimate of drug-likeness (QED) is 0.346. The van der Waals surface area contributed by atoms with Crippen LogP contribution in [0.25, 0.3) is 22.4 Å². The molecule has 1 aliphatic rings. The lowest BCUT2D eigenvalue weighted by atomic mass is 9.82. The third kappa shape index (κ3) is 5.87. The highest BCUT2D eigenvalue weighted by molar-refractivity contribution is 7.98. The molecule has 8 heteroatoms. The molecule has 0 aliphatic heterocycles. The molecule has 0 bridgehead atoms. The number of nitrogens with zero attached hydrogens (tertiary/aromatic N) is 2. The molecular weight excluding hydrogens is 467 g/mol. The summed E-state index contributed by atoms with van der Waals surface area (Å²) in [5, 5.41) is 14.7. The summed E-state index contributed by atoms with van der Waals surface area (Å²) in [5.41, 5.74) is 2.98. The van der Waals surface area contributed by atoms with Gasteiger partial charge in [0.25, 0.3) is 0 Å². The van der Waals surface area contributed by atoms with Crippen LogP contribution in [-0.4, -0.2) is 47.4 Å². The largest absolute Gasteiger partial charge is 0.494 e. The van der Waals surface area contributed by atoms with Gasteiger partial charge in [0.05, 0.1) is 13.7 Å². The number of carbonyl (C=O) groups is 1. The minimum Gasteiger partial charge on any atom is -0.494 e. The normalized spacial score (nSPS) is 17.9. The van der Waals surface area contributed by atoms with Crippen LogP contribution in [0.4, 0.5) is 4.39 Å². The molecule has 1 fully saturated rings. The number of benzene rings is 2. The summed E-state index contributed by atoms with van der Waals surface area (Å²) in [6.45, 7) is 1.01. The van der Waals surface area contributed by atoms with Crippen molar-refractivity contribution in [3.8, 4) is 28.1 Å². The van der Waals surface area contributed by atoms with Gasteiger partial charge in [-0.05, 0) is 49.8 Å². The number of halogens is 1. The van der Waals surface area contributed by atoms with Crippen LogP contribution < -0.4 is 4.74 Å². The number of aliphatic carboxylic acids is 1. The van der Waals surface area contributed by atoms with E-state index in [-0.39, 0.29) is 18.2 Å². The predicted molar refractivity (Wildman–Crippen MR) is 135 cm³/mol. The van der Waals surface area contributed by atoms with E-state index < -0.39 is 5.97 Å². The zero-order valence-corrected chi connectivity index (χ0v) is 20.9. The van der Waals surface area contributed by atoms with E-state index in [0.717, 1.165) is 54.1 Å². The summed E-state index contributed by atoms with van der Waals surface area (Å²) in [5.74, 6) is -0.263. The number of carboxylic acid groups (broad SMARTS) is 1. The molecule has 0 unspecified atom stereocenters. The van der Waals surface area contributed by atoms with Crippen LogP contribution in [-0.2, 0) is 16.1 Å². The van der Waals surface area contributed by atoms with E-state index in [4.69, 9.17) is 19.7 Å². The van der Waals surface area contributed by atoms with Gasteiger partial charge in [0.15, 0.2) is 11.6 Å². The van der Waals surface area contributed by atoms with Crippen LogP contribution in [0.5, 0.6) is 5.75 Å². The number of carboxylic acids is 1. The predicted octanol–water partition coefficient (Wildman–Crippen LogP) is 5.99. The number of thioether (sulfide) groups is 1. The van der Waals surface area contributed by atoms with E-state index in [1.165, 1.54) is 7.11 Å². The van der Waals surface area contributed by atoms with E-state index in [9.17, 15) is 4.79 Å². The summed E-state index contributed by atoms with van der Waals surface area (Å²) in [6, 6.07) is 15.1. The number of hydrogen-bond donors (Lipinski definition) is 1. The zero-order chi connectivity index (χ0) is 24.8. The molecule has 0 spiro atoms. The molecule has 0 saturated heterocycles. The maximum absolute atomic E-state index is 15.4. The first-order valence-electron chi connectivity index (χ1n) is 11.8. The Hall–Kier alpha value is -2.84. The molecule has 1 aromatic heterocycles. The van der Waals surface area contributed by atoms with Gasteiger partial charge in [0.2, 0.25) is 0 Å². The fourth-order valence-electron chi connectivity index (χ4n) is 4.82. The number of aromatic nitrogens is 2. The van der Waals surface area contributed by atoms with Gasteiger partial charge in [-0.2, -0.15) is 5.10 Å². The van der Waals surface area contributed by atoms with Crippen LogP contribution in [0.1, 0.15) is 25.7 Å². The van der Waals surface area contributed by atoms with Gasteiger partial charge in [-0.1, -0.05) is 42.5 Å². The van der Waals surface area contributed by atoms with Crippen molar-refractivity contribution in [1.82, 2.24) is 9.78 Å². The van der Waals surface area contributed by atoms with Crippen molar-refractivity contribution in [3.63, 3.8) is 0 Å². The first-order valence-corrected chi connectivity index (χ1v) is 13.1. The topological polar surface area (TPSA) is 73.6 Å². The van der Waals surface area contributed by atoms with Gasteiger partial charge >= 0.3 is 5.97 Å². The van der Waals surface area contributed by atoms with Gasteiger partial charge in [0, 0.05) is 23.2 Å². The average molecular weight is 499 g/mol. The van der Waals surface area contributed by atoms with E-state index in [1.807, 2.05) is 41.3 Å². The molecule has 1 aliphatic carbocycles. The van der Waals surface area contributed by atoms with Gasteiger partial charge in [0.1, 0.15) is 17.3 Å². The SMILES string of the molecule is COc1cccc(-c2c(-c3ccccc3)nn(C[C@H]3CC[C@@H](COCC(=O)O)CC3)c2SC)c1F. The molecule has 4 rings (SSSR count). The third-order valence-electron chi connectivity index (χ3n) is 6.58. The van der Waals surface area contributed by atoms with Crippen LogP contribution in [0.15, 0.2) is 53.6 Å². The van der Waals surface area contributed by atoms with Crippen LogP contribution in [0.3, 0.4) is 0 Å². The summed E-state index contributed by atoms with van der Waals surface area (Å²) < 4.78 is 28.0. The van der Waals surface area contributed by atoms with Crippen molar-refractivity contribution in [3.05, 3.63) is 54.3 Å². The highest BCUT2D eigenvalue weighted by atomic mass is 32.2. The maximum atomic E-state index is 15.4. The third-order valence-corrected chi connectivity index (χ3v) is 7.38. The fourth-order valence-corrected chi connectivity index (χ4v) is 5.56. The Kier molecular flexibility index (Phi) is 8.46. The Morgan fingerprint density at radius 1 is 1.11 bits per heavy atom. The van der Waals surface area contributed by atoms with Crippen molar-refractivity contribution in [2.45, 2.75) is 37.3 Å². The molecule has 2 aromatic carbocycles. The van der Waals surface area contributed by atoms with Gasteiger partial charge in [-0.25, -0.2) is 9.18 Å². The van der Waals surface area contributed by atoms with Gasteiger partial charge < -0.3 is 14.6 Å². The Bertz CT molecular complexity index is 1140. The average Bonchev–Trinajstić information content (AvgIpc) is 3.23. The van der Waals surface area contributed by atoms with E-state index in [2.05, 4.69) is 0 Å². The van der Waals surface area contributed by atoms with Crippen molar-refractivity contribution in [2.75, 3.05) is 26.6 Å². The van der Waals surface area contributed by atoms with Crippen LogP contribution >= 0.6 is 11.8 Å². The highest BCUT2D eigenvalue weighted by Gasteiger charge is 2.27. The number of ether oxygens (including phenoxy) is 2. The monoisotopic (exact) mass is 498 g/mol. The zero-order valence-electron chi connectivity index (χ0n) is 20.1. The molecule has 0 radical (unpaired) electrons. The number of hydrogen-bond acceptors (Lipinski definition) is 5. The lowest BCUT2D eigenvalue weighted by Crippen LogP contribution is -2.23. The molecule has 0 atom stereocenters. The summed E-state index contributed by atoms with van der Waals surface area (Å²) in [7, 11) is 1.47. The van der Waals surface area contributed by atoms with Crippen molar-refractivity contribution in [2.24, 2.45) is 11.8 Å². The molecule has 1 N–H and O–H groups in total. The summed E-state index contributed by atoms with van der Waals surface area (Å²) in [4.78, 5) is 10.7. The fraction of sp³-hybridized carbons (Fsp3) is 0.407. The van der Waals surface area contributed by atoms with Gasteiger partial charge in [-0.15, -0.1) is 11.8 Å². The van der Waals surface area contributed by atoms with Gasteiger partial charge in [-0.3, -0.25) is 4.68 Å². The van der Waals surface area contributed by atoms with E-state index in [0.29, 0.717) is 24.0 Å². The Labute approximate surface area is 209 Å². The molecule has 1 saturated carbocycles. The first kappa shape index (κ1) is 25.3. The second kappa shape index (κ2) is 11.7. The molecule has 6 nitrogen and oxygen atoms in total. The Morgan fingerprint density at radius 3 is 2.49 bits per heavy atom. The Morgan fingerprint density at radius 2 is 1.83 bits per heavy atom. The molecular formula is C27H31FN2O4S. The highest BCUT2D eigenvalue weighted by Crippen LogP contribution is 2.42. The second-order valence-corrected chi connectivity index (χ2v) is 9.69. The molecule has 0 amide bonds. The molecule has 3 aromatic rings. The molecule has 1 heterocycles. The summed E-state index contributed by atoms with van der Waals surface area (Å²) >= 11 is 1.57. The second-order valence-electron chi connectivity index (χ2n) is 8.90. The van der Waals surface area contributed by atoms with Crippen molar-refractivity contribution >= 4 is 17.7 Å². The number of methoxy groups -OCH3 is 1. The lowest BCUT2D eigenvalue weighted by Gasteiger charge is -2.28. The number of rotatable bonds is 10. The van der Waals surface area contributed by atoms with Crippen molar-refractivity contribution in [1.29, 1.82) is 0 Å². The maximum Gasteiger partial charge on any atom is 0.329 e.